The number of esters is 2. The highest BCUT2D eigenvalue weighted by Crippen LogP contribution is 2.12. The minimum atomic E-state index is -1.20. The molecule has 0 spiro atoms. The maximum Gasteiger partial charge on any atom is 0.339 e. The second-order valence-corrected chi connectivity index (χ2v) is 6.35. The van der Waals surface area contributed by atoms with E-state index in [2.05, 4.69) is 6.58 Å². The summed E-state index contributed by atoms with van der Waals surface area (Å²) in [5, 5.41) is 9.19. The smallest absolute Gasteiger partial charge is 0.339 e. The van der Waals surface area contributed by atoms with Crippen molar-refractivity contribution in [2.45, 2.75) is 32.3 Å². The lowest BCUT2D eigenvalue weighted by Gasteiger charge is -2.18. The average molecular weight is 408 g/mol. The molecule has 1 unspecified atom stereocenters. The number of carboxylic acid groups (broad SMARTS) is 1. The summed E-state index contributed by atoms with van der Waals surface area (Å²) in [6.45, 7) is 5.80. The summed E-state index contributed by atoms with van der Waals surface area (Å²) in [5.41, 5.74) is 0.155. The Hall–Kier alpha value is -2.71. The highest BCUT2D eigenvalue weighted by Gasteiger charge is 2.19. The molecule has 8 heteroatoms. The van der Waals surface area contributed by atoms with Crippen LogP contribution in [-0.2, 0) is 23.7 Å². The lowest BCUT2D eigenvalue weighted by atomic mass is 10.1. The van der Waals surface area contributed by atoms with Crippen molar-refractivity contribution < 1.29 is 38.4 Å². The summed E-state index contributed by atoms with van der Waals surface area (Å²) in [7, 11) is 1.62. The lowest BCUT2D eigenvalue weighted by molar-refractivity contribution is -0.141. The third-order valence-corrected chi connectivity index (χ3v) is 3.92. The van der Waals surface area contributed by atoms with Crippen molar-refractivity contribution in [2.24, 2.45) is 0 Å². The Morgan fingerprint density at radius 1 is 1.03 bits per heavy atom. The Morgan fingerprint density at radius 2 is 1.72 bits per heavy atom. The van der Waals surface area contributed by atoms with E-state index in [0.29, 0.717) is 18.6 Å². The first-order chi connectivity index (χ1) is 13.9. The molecule has 160 valence electrons. The van der Waals surface area contributed by atoms with Gasteiger partial charge in [0.2, 0.25) is 0 Å². The Labute approximate surface area is 170 Å². The number of methoxy groups -OCH3 is 1. The van der Waals surface area contributed by atoms with Gasteiger partial charge in [0.1, 0.15) is 13.2 Å². The standard InChI is InChI=1S/C21H28O8/c1-15(2)20(24)28-13-12-27-16(8-6-7-11-26-3)14-29-21(25)18-10-5-4-9-17(18)19(22)23/h4-5,9-10,16H,1,6-8,11-14H2,2-3H3,(H,22,23). The van der Waals surface area contributed by atoms with Crippen LogP contribution in [0.2, 0.25) is 0 Å². The number of carbonyl (C=O) groups excluding carboxylic acids is 2. The minimum Gasteiger partial charge on any atom is -0.478 e. The van der Waals surface area contributed by atoms with E-state index in [1.807, 2.05) is 0 Å². The summed E-state index contributed by atoms with van der Waals surface area (Å²) in [4.78, 5) is 34.9. The SMILES string of the molecule is C=C(C)C(=O)OCCOC(CCCCOC)COC(=O)c1ccccc1C(=O)O. The van der Waals surface area contributed by atoms with Gasteiger partial charge < -0.3 is 24.1 Å². The molecule has 0 saturated heterocycles. The maximum atomic E-state index is 12.3. The monoisotopic (exact) mass is 408 g/mol. The van der Waals surface area contributed by atoms with Crippen molar-refractivity contribution in [1.82, 2.24) is 0 Å². The Kier molecular flexibility index (Phi) is 11.3. The Morgan fingerprint density at radius 3 is 2.34 bits per heavy atom. The summed E-state index contributed by atoms with van der Waals surface area (Å²) in [5.74, 6) is -2.44. The molecule has 0 bridgehead atoms. The summed E-state index contributed by atoms with van der Waals surface area (Å²) >= 11 is 0. The first-order valence-corrected chi connectivity index (χ1v) is 9.29. The van der Waals surface area contributed by atoms with E-state index >= 15 is 0 Å². The van der Waals surface area contributed by atoms with Gasteiger partial charge >= 0.3 is 17.9 Å². The van der Waals surface area contributed by atoms with E-state index < -0.39 is 24.0 Å². The second kappa shape index (κ2) is 13.5. The van der Waals surface area contributed by atoms with E-state index in [1.54, 1.807) is 20.1 Å². The number of benzene rings is 1. The van der Waals surface area contributed by atoms with Gasteiger partial charge in [-0.2, -0.15) is 0 Å². The van der Waals surface area contributed by atoms with Gasteiger partial charge in [0.05, 0.1) is 23.8 Å². The number of aromatic carboxylic acids is 1. The van der Waals surface area contributed by atoms with Crippen LogP contribution in [0.1, 0.15) is 46.9 Å². The van der Waals surface area contributed by atoms with E-state index in [9.17, 15) is 19.5 Å². The van der Waals surface area contributed by atoms with Crippen LogP contribution in [0.15, 0.2) is 36.4 Å². The normalized spacial score (nSPS) is 11.5. The average Bonchev–Trinajstić information content (AvgIpc) is 2.71. The largest absolute Gasteiger partial charge is 0.478 e. The molecule has 0 aliphatic heterocycles. The number of unbranched alkanes of at least 4 members (excludes halogenated alkanes) is 1. The third kappa shape index (κ3) is 9.36. The van der Waals surface area contributed by atoms with Crippen molar-refractivity contribution >= 4 is 17.9 Å². The lowest BCUT2D eigenvalue weighted by Crippen LogP contribution is -2.25. The molecule has 0 amide bonds. The van der Waals surface area contributed by atoms with Crippen molar-refractivity contribution in [1.29, 1.82) is 0 Å². The van der Waals surface area contributed by atoms with Crippen LogP contribution in [0.5, 0.6) is 0 Å². The predicted molar refractivity (Wildman–Crippen MR) is 105 cm³/mol. The summed E-state index contributed by atoms with van der Waals surface area (Å²) in [6, 6.07) is 5.84. The zero-order valence-corrected chi connectivity index (χ0v) is 16.8. The molecule has 1 atom stereocenters. The molecule has 0 aliphatic rings. The second-order valence-electron chi connectivity index (χ2n) is 6.35. The molecule has 29 heavy (non-hydrogen) atoms. The number of hydrogen-bond acceptors (Lipinski definition) is 7. The van der Waals surface area contributed by atoms with E-state index in [4.69, 9.17) is 18.9 Å². The van der Waals surface area contributed by atoms with Gasteiger partial charge in [-0.05, 0) is 38.3 Å². The van der Waals surface area contributed by atoms with Crippen molar-refractivity contribution in [3.8, 4) is 0 Å². The molecule has 0 heterocycles. The molecule has 0 saturated carbocycles. The fourth-order valence-electron chi connectivity index (χ4n) is 2.40. The van der Waals surface area contributed by atoms with E-state index in [1.165, 1.54) is 18.2 Å². The van der Waals surface area contributed by atoms with Gasteiger partial charge in [-0.3, -0.25) is 0 Å². The van der Waals surface area contributed by atoms with Crippen LogP contribution in [0.3, 0.4) is 0 Å². The minimum absolute atomic E-state index is 0.0199. The highest BCUT2D eigenvalue weighted by atomic mass is 16.6. The molecule has 1 aromatic rings. The van der Waals surface area contributed by atoms with Crippen molar-refractivity contribution in [3.63, 3.8) is 0 Å². The molecular weight excluding hydrogens is 380 g/mol. The van der Waals surface area contributed by atoms with Crippen LogP contribution >= 0.6 is 0 Å². The molecule has 1 aromatic carbocycles. The molecule has 0 aromatic heterocycles. The molecule has 0 fully saturated rings. The molecule has 1 N–H and O–H groups in total. The zero-order chi connectivity index (χ0) is 21.6. The first kappa shape index (κ1) is 24.3. The number of hydrogen-bond donors (Lipinski definition) is 1. The van der Waals surface area contributed by atoms with Gasteiger partial charge in [0.15, 0.2) is 0 Å². The number of carboxylic acids is 1. The summed E-state index contributed by atoms with van der Waals surface area (Å²) < 4.78 is 20.9. The van der Waals surface area contributed by atoms with E-state index in [-0.39, 0.29) is 30.9 Å². The fourth-order valence-corrected chi connectivity index (χ4v) is 2.40. The predicted octanol–water partition coefficient (Wildman–Crippen LogP) is 2.86. The highest BCUT2D eigenvalue weighted by molar-refractivity contribution is 6.02. The quantitative estimate of drug-likeness (QED) is 0.284. The van der Waals surface area contributed by atoms with Gasteiger partial charge in [-0.15, -0.1) is 0 Å². The molecule has 8 nitrogen and oxygen atoms in total. The van der Waals surface area contributed by atoms with Gasteiger partial charge in [-0.25, -0.2) is 14.4 Å². The number of rotatable bonds is 14. The van der Waals surface area contributed by atoms with Crippen molar-refractivity contribution in [2.75, 3.05) is 33.5 Å². The van der Waals surface area contributed by atoms with Gasteiger partial charge in [0.25, 0.3) is 0 Å². The molecule has 0 radical (unpaired) electrons. The zero-order valence-electron chi connectivity index (χ0n) is 16.8. The van der Waals surface area contributed by atoms with Gasteiger partial charge in [-0.1, -0.05) is 18.7 Å². The Balaban J connectivity index is 2.59. The van der Waals surface area contributed by atoms with Crippen LogP contribution < -0.4 is 0 Å². The molecular formula is C21H28O8. The van der Waals surface area contributed by atoms with Crippen LogP contribution in [0.25, 0.3) is 0 Å². The Bertz CT molecular complexity index is 698. The number of ether oxygens (including phenoxy) is 4. The fraction of sp³-hybridized carbons (Fsp3) is 0.476. The number of carbonyl (C=O) groups is 3. The van der Waals surface area contributed by atoms with Crippen LogP contribution in [0, 0.1) is 0 Å². The molecule has 0 aliphatic carbocycles. The summed E-state index contributed by atoms with van der Waals surface area (Å²) in [6.07, 6.45) is 1.78. The van der Waals surface area contributed by atoms with Crippen LogP contribution in [0.4, 0.5) is 0 Å². The maximum absolute atomic E-state index is 12.3. The topological polar surface area (TPSA) is 108 Å². The first-order valence-electron chi connectivity index (χ1n) is 9.29. The van der Waals surface area contributed by atoms with Crippen LogP contribution in [-0.4, -0.2) is 62.7 Å². The molecule has 1 rings (SSSR count). The van der Waals surface area contributed by atoms with E-state index in [0.717, 1.165) is 12.8 Å². The van der Waals surface area contributed by atoms with Crippen molar-refractivity contribution in [3.05, 3.63) is 47.5 Å². The van der Waals surface area contributed by atoms with Gasteiger partial charge in [0, 0.05) is 19.3 Å². The third-order valence-electron chi connectivity index (χ3n) is 3.92.